The van der Waals surface area contributed by atoms with Crippen molar-refractivity contribution in [1.29, 1.82) is 0 Å². The number of fused-ring (bicyclic) bond motifs is 1. The number of rotatable bonds is 4. The lowest BCUT2D eigenvalue weighted by Crippen LogP contribution is -2.44. The minimum atomic E-state index is 0.0191. The van der Waals surface area contributed by atoms with Gasteiger partial charge in [0.2, 0.25) is 12.7 Å². The van der Waals surface area contributed by atoms with Gasteiger partial charge in [0.1, 0.15) is 0 Å². The van der Waals surface area contributed by atoms with Crippen molar-refractivity contribution in [2.45, 2.75) is 19.0 Å². The zero-order valence-corrected chi connectivity index (χ0v) is 11.2. The number of carbonyl (C=O) groups excluding carboxylic acids is 1. The highest BCUT2D eigenvalue weighted by atomic mass is 16.7. The van der Waals surface area contributed by atoms with Gasteiger partial charge in [-0.3, -0.25) is 4.79 Å². The van der Waals surface area contributed by atoms with Crippen LogP contribution < -0.4 is 20.1 Å². The maximum atomic E-state index is 11.9. The van der Waals surface area contributed by atoms with Crippen molar-refractivity contribution in [3.05, 3.63) is 23.8 Å². The molecule has 2 N–H and O–H groups in total. The Bertz CT molecular complexity index is 486. The molecule has 3 rings (SSSR count). The minimum Gasteiger partial charge on any atom is -0.454 e. The summed E-state index contributed by atoms with van der Waals surface area (Å²) < 4.78 is 15.9. The predicted octanol–water partition coefficient (Wildman–Crippen LogP) is 0.410. The number of morpholine rings is 1. The molecule has 0 bridgehead atoms. The van der Waals surface area contributed by atoms with Gasteiger partial charge in [-0.1, -0.05) is 6.07 Å². The van der Waals surface area contributed by atoms with E-state index in [-0.39, 0.29) is 18.7 Å². The van der Waals surface area contributed by atoms with E-state index in [9.17, 15) is 4.79 Å². The van der Waals surface area contributed by atoms with Gasteiger partial charge in [0.15, 0.2) is 11.5 Å². The third kappa shape index (κ3) is 3.20. The van der Waals surface area contributed by atoms with Crippen LogP contribution in [0.25, 0.3) is 0 Å². The summed E-state index contributed by atoms with van der Waals surface area (Å²) >= 11 is 0. The molecule has 0 unspecified atom stereocenters. The van der Waals surface area contributed by atoms with Crippen LogP contribution in [0.4, 0.5) is 0 Å². The van der Waals surface area contributed by atoms with E-state index < -0.39 is 0 Å². The van der Waals surface area contributed by atoms with Gasteiger partial charge in [0, 0.05) is 25.6 Å². The Kier molecular flexibility index (Phi) is 4.03. The molecule has 108 valence electrons. The van der Waals surface area contributed by atoms with Crippen LogP contribution >= 0.6 is 0 Å². The van der Waals surface area contributed by atoms with Crippen LogP contribution in [0.2, 0.25) is 0 Å². The molecule has 0 spiro atoms. The summed E-state index contributed by atoms with van der Waals surface area (Å²) in [6.45, 7) is 2.87. The van der Waals surface area contributed by atoms with Gasteiger partial charge in [0.25, 0.3) is 0 Å². The summed E-state index contributed by atoms with van der Waals surface area (Å²) in [7, 11) is 0. The first kappa shape index (κ1) is 13.2. The van der Waals surface area contributed by atoms with E-state index in [1.165, 1.54) is 0 Å². The van der Waals surface area contributed by atoms with Crippen LogP contribution in [0, 0.1) is 0 Å². The van der Waals surface area contributed by atoms with Crippen LogP contribution in [0.15, 0.2) is 18.2 Å². The van der Waals surface area contributed by atoms with Crippen molar-refractivity contribution >= 4 is 5.91 Å². The van der Waals surface area contributed by atoms with E-state index in [0.717, 1.165) is 30.2 Å². The second-order valence-corrected chi connectivity index (χ2v) is 4.89. The molecule has 6 nitrogen and oxygen atoms in total. The maximum Gasteiger partial charge on any atom is 0.231 e. The van der Waals surface area contributed by atoms with Gasteiger partial charge in [-0.05, 0) is 17.7 Å². The van der Waals surface area contributed by atoms with Gasteiger partial charge >= 0.3 is 0 Å². The number of carbonyl (C=O) groups is 1. The fourth-order valence-electron chi connectivity index (χ4n) is 2.30. The first-order chi connectivity index (χ1) is 9.81. The number of hydrogen-bond donors (Lipinski definition) is 2. The quantitative estimate of drug-likeness (QED) is 0.835. The SMILES string of the molecule is O=C(C[C@H]1COCCN1)NCc1ccc2c(c1)OCO2. The summed E-state index contributed by atoms with van der Waals surface area (Å²) in [6.07, 6.45) is 0.435. The third-order valence-electron chi connectivity index (χ3n) is 3.36. The standard InChI is InChI=1S/C14H18N2O4/c17-14(6-11-8-18-4-3-15-11)16-7-10-1-2-12-13(5-10)20-9-19-12/h1-2,5,11,15H,3-4,6-9H2,(H,16,17)/t11-/m0/s1. The molecule has 6 heteroatoms. The Hall–Kier alpha value is -1.79. The highest BCUT2D eigenvalue weighted by Gasteiger charge is 2.17. The minimum absolute atomic E-state index is 0.0191. The van der Waals surface area contributed by atoms with Gasteiger partial charge in [-0.15, -0.1) is 0 Å². The molecule has 1 fully saturated rings. The maximum absolute atomic E-state index is 11.9. The lowest BCUT2D eigenvalue weighted by Gasteiger charge is -2.23. The van der Waals surface area contributed by atoms with E-state index in [1.807, 2.05) is 18.2 Å². The normalized spacial score (nSPS) is 20.7. The lowest BCUT2D eigenvalue weighted by molar-refractivity contribution is -0.122. The Labute approximate surface area is 117 Å². The zero-order chi connectivity index (χ0) is 13.8. The van der Waals surface area contributed by atoms with Crippen molar-refractivity contribution in [2.24, 2.45) is 0 Å². The third-order valence-corrected chi connectivity index (χ3v) is 3.36. The molecule has 0 saturated carbocycles. The number of ether oxygens (including phenoxy) is 3. The molecule has 2 aliphatic rings. The van der Waals surface area contributed by atoms with Crippen molar-refractivity contribution in [3.8, 4) is 11.5 Å². The van der Waals surface area contributed by atoms with Gasteiger partial charge < -0.3 is 24.8 Å². The van der Waals surface area contributed by atoms with Gasteiger partial charge in [-0.25, -0.2) is 0 Å². The van der Waals surface area contributed by atoms with E-state index in [2.05, 4.69) is 10.6 Å². The number of nitrogens with one attached hydrogen (secondary N) is 2. The Balaban J connectivity index is 1.47. The Morgan fingerprint density at radius 1 is 1.35 bits per heavy atom. The van der Waals surface area contributed by atoms with Crippen LogP contribution in [0.1, 0.15) is 12.0 Å². The second kappa shape index (κ2) is 6.11. The summed E-state index contributed by atoms with van der Waals surface area (Å²) in [5.41, 5.74) is 0.996. The van der Waals surface area contributed by atoms with Crippen molar-refractivity contribution in [2.75, 3.05) is 26.6 Å². The number of hydrogen-bond acceptors (Lipinski definition) is 5. The molecule has 0 radical (unpaired) electrons. The lowest BCUT2D eigenvalue weighted by atomic mass is 10.1. The van der Waals surface area contributed by atoms with Crippen LogP contribution in [-0.2, 0) is 16.1 Å². The second-order valence-electron chi connectivity index (χ2n) is 4.89. The van der Waals surface area contributed by atoms with E-state index >= 15 is 0 Å². The summed E-state index contributed by atoms with van der Waals surface area (Å²) in [5.74, 6) is 1.51. The molecule has 0 aromatic heterocycles. The van der Waals surface area contributed by atoms with Crippen LogP contribution in [-0.4, -0.2) is 38.5 Å². The number of benzene rings is 1. The fraction of sp³-hybridized carbons (Fsp3) is 0.500. The highest BCUT2D eigenvalue weighted by Crippen LogP contribution is 2.32. The largest absolute Gasteiger partial charge is 0.454 e. The smallest absolute Gasteiger partial charge is 0.231 e. The zero-order valence-electron chi connectivity index (χ0n) is 11.2. The van der Waals surface area contributed by atoms with E-state index in [1.54, 1.807) is 0 Å². The monoisotopic (exact) mass is 278 g/mol. The fourth-order valence-corrected chi connectivity index (χ4v) is 2.30. The van der Waals surface area contributed by atoms with Crippen molar-refractivity contribution < 1.29 is 19.0 Å². The molecule has 1 amide bonds. The Morgan fingerprint density at radius 2 is 2.25 bits per heavy atom. The average Bonchev–Trinajstić information content (AvgIpc) is 2.93. The molecule has 20 heavy (non-hydrogen) atoms. The van der Waals surface area contributed by atoms with Crippen LogP contribution in [0.3, 0.4) is 0 Å². The molecule has 2 aliphatic heterocycles. The summed E-state index contributed by atoms with van der Waals surface area (Å²) in [6, 6.07) is 5.79. The highest BCUT2D eigenvalue weighted by molar-refractivity contribution is 5.76. The molecule has 1 atom stereocenters. The molecular formula is C14H18N2O4. The van der Waals surface area contributed by atoms with Gasteiger partial charge in [-0.2, -0.15) is 0 Å². The van der Waals surface area contributed by atoms with Crippen molar-refractivity contribution in [1.82, 2.24) is 10.6 Å². The summed E-state index contributed by atoms with van der Waals surface area (Å²) in [4.78, 5) is 11.9. The predicted molar refractivity (Wildman–Crippen MR) is 71.6 cm³/mol. The number of amides is 1. The van der Waals surface area contributed by atoms with Gasteiger partial charge in [0.05, 0.1) is 13.2 Å². The molecule has 1 aromatic carbocycles. The molecule has 1 saturated heterocycles. The average molecular weight is 278 g/mol. The molecule has 0 aliphatic carbocycles. The van der Waals surface area contributed by atoms with E-state index in [4.69, 9.17) is 14.2 Å². The van der Waals surface area contributed by atoms with Crippen molar-refractivity contribution in [3.63, 3.8) is 0 Å². The molecular weight excluding hydrogens is 260 g/mol. The first-order valence-electron chi connectivity index (χ1n) is 6.77. The first-order valence-corrected chi connectivity index (χ1v) is 6.77. The summed E-state index contributed by atoms with van der Waals surface area (Å²) in [5, 5.41) is 6.17. The molecule has 2 heterocycles. The Morgan fingerprint density at radius 3 is 3.10 bits per heavy atom. The molecule has 1 aromatic rings. The topological polar surface area (TPSA) is 68.8 Å². The van der Waals surface area contributed by atoms with Crippen LogP contribution in [0.5, 0.6) is 11.5 Å². The van der Waals surface area contributed by atoms with E-state index in [0.29, 0.717) is 19.6 Å².